The SMILES string of the molecule is CCCCCCOC(C)OC(C)OC(=O)[S]. The van der Waals surface area contributed by atoms with Crippen LogP contribution < -0.4 is 0 Å². The van der Waals surface area contributed by atoms with Crippen molar-refractivity contribution < 1.29 is 19.0 Å². The molecule has 0 amide bonds. The van der Waals surface area contributed by atoms with Crippen LogP contribution in [0.1, 0.15) is 46.5 Å². The normalized spacial score (nSPS) is 14.4. The number of hydrogen-bond donors (Lipinski definition) is 0. The van der Waals surface area contributed by atoms with Crippen molar-refractivity contribution in [2.45, 2.75) is 59.0 Å². The smallest absolute Gasteiger partial charge is 0.402 e. The predicted octanol–water partition coefficient (Wildman–Crippen LogP) is 3.63. The quantitative estimate of drug-likeness (QED) is 0.355. The van der Waals surface area contributed by atoms with Crippen LogP contribution in [0, 0.1) is 0 Å². The van der Waals surface area contributed by atoms with Crippen LogP contribution in [0.3, 0.4) is 0 Å². The molecule has 0 saturated heterocycles. The molecule has 5 heteroatoms. The lowest BCUT2D eigenvalue weighted by atomic mass is 10.2. The molecule has 0 rings (SSSR count). The first-order valence-corrected chi connectivity index (χ1v) is 6.11. The highest BCUT2D eigenvalue weighted by atomic mass is 32.1. The van der Waals surface area contributed by atoms with Crippen LogP contribution in [0.15, 0.2) is 0 Å². The molecule has 0 aliphatic carbocycles. The Morgan fingerprint density at radius 2 is 1.88 bits per heavy atom. The second-order valence-corrected chi connectivity index (χ2v) is 3.90. The number of ether oxygens (including phenoxy) is 3. The highest BCUT2D eigenvalue weighted by Crippen LogP contribution is 2.05. The molecule has 0 heterocycles. The Hall–Kier alpha value is -0.390. The van der Waals surface area contributed by atoms with Gasteiger partial charge in [-0.1, -0.05) is 26.2 Å². The average Bonchev–Trinajstić information content (AvgIpc) is 2.15. The van der Waals surface area contributed by atoms with Gasteiger partial charge in [-0.15, -0.1) is 0 Å². The molecule has 2 unspecified atom stereocenters. The van der Waals surface area contributed by atoms with Crippen molar-refractivity contribution in [2.24, 2.45) is 0 Å². The molecule has 0 fully saturated rings. The molecule has 0 saturated carbocycles. The summed E-state index contributed by atoms with van der Waals surface area (Å²) in [6.07, 6.45) is 3.58. The summed E-state index contributed by atoms with van der Waals surface area (Å²) < 4.78 is 15.3. The molecule has 0 N–H and O–H groups in total. The van der Waals surface area contributed by atoms with Gasteiger partial charge >= 0.3 is 5.30 Å². The van der Waals surface area contributed by atoms with E-state index < -0.39 is 11.6 Å². The molecule has 2 atom stereocenters. The Morgan fingerprint density at radius 3 is 2.44 bits per heavy atom. The summed E-state index contributed by atoms with van der Waals surface area (Å²) in [5, 5.41) is -0.761. The molecule has 4 nitrogen and oxygen atoms in total. The Morgan fingerprint density at radius 1 is 1.19 bits per heavy atom. The van der Waals surface area contributed by atoms with Crippen LogP contribution >= 0.6 is 12.6 Å². The van der Waals surface area contributed by atoms with E-state index in [1.807, 2.05) is 0 Å². The molecule has 0 aliphatic rings. The third-order valence-corrected chi connectivity index (χ3v) is 2.09. The monoisotopic (exact) mass is 249 g/mol. The summed E-state index contributed by atoms with van der Waals surface area (Å²) in [7, 11) is 0. The molecule has 16 heavy (non-hydrogen) atoms. The van der Waals surface area contributed by atoms with E-state index in [9.17, 15) is 4.79 Å². The van der Waals surface area contributed by atoms with Gasteiger partial charge in [0, 0.05) is 19.2 Å². The van der Waals surface area contributed by atoms with Crippen molar-refractivity contribution in [3.63, 3.8) is 0 Å². The van der Waals surface area contributed by atoms with Gasteiger partial charge < -0.3 is 14.2 Å². The van der Waals surface area contributed by atoms with E-state index in [0.29, 0.717) is 6.61 Å². The summed E-state index contributed by atoms with van der Waals surface area (Å²) in [5.74, 6) is 0. The maximum atomic E-state index is 10.4. The van der Waals surface area contributed by atoms with E-state index in [-0.39, 0.29) is 6.29 Å². The van der Waals surface area contributed by atoms with Crippen LogP contribution in [0.5, 0.6) is 0 Å². The topological polar surface area (TPSA) is 44.8 Å². The molecule has 0 aromatic heterocycles. The molecule has 1 radical (unpaired) electrons. The van der Waals surface area contributed by atoms with Crippen LogP contribution in [0.4, 0.5) is 4.79 Å². The fourth-order valence-corrected chi connectivity index (χ4v) is 1.39. The van der Waals surface area contributed by atoms with Gasteiger partial charge in [0.1, 0.15) is 0 Å². The predicted molar refractivity (Wildman–Crippen MR) is 64.2 cm³/mol. The summed E-state index contributed by atoms with van der Waals surface area (Å²) in [6, 6.07) is 0. The number of rotatable bonds is 9. The summed E-state index contributed by atoms with van der Waals surface area (Å²) in [5.41, 5.74) is 0. The van der Waals surface area contributed by atoms with E-state index in [1.54, 1.807) is 13.8 Å². The lowest BCUT2D eigenvalue weighted by Gasteiger charge is -2.18. The molecule has 0 aromatic rings. The molecule has 0 spiro atoms. The Bertz CT molecular complexity index is 187. The molecular formula is C11H21O4S. The summed E-state index contributed by atoms with van der Waals surface area (Å²) in [4.78, 5) is 10.4. The van der Waals surface area contributed by atoms with Gasteiger partial charge in [-0.3, -0.25) is 0 Å². The molecular weight excluding hydrogens is 228 g/mol. The maximum Gasteiger partial charge on any atom is 0.402 e. The fourth-order valence-electron chi connectivity index (χ4n) is 1.25. The van der Waals surface area contributed by atoms with Crippen LogP contribution in [-0.4, -0.2) is 24.5 Å². The van der Waals surface area contributed by atoms with Crippen molar-refractivity contribution in [3.05, 3.63) is 0 Å². The molecule has 0 aromatic carbocycles. The highest BCUT2D eigenvalue weighted by molar-refractivity contribution is 7.96. The second kappa shape index (κ2) is 9.81. The van der Waals surface area contributed by atoms with E-state index in [2.05, 4.69) is 24.3 Å². The number of hydrogen-bond acceptors (Lipinski definition) is 4. The number of unbranched alkanes of at least 4 members (excludes halogenated alkanes) is 3. The maximum absolute atomic E-state index is 10.4. The van der Waals surface area contributed by atoms with Gasteiger partial charge in [0.05, 0.1) is 0 Å². The Balaban J connectivity index is 3.42. The zero-order valence-electron chi connectivity index (χ0n) is 10.2. The minimum Gasteiger partial charge on any atom is -0.424 e. The molecule has 95 valence electrons. The highest BCUT2D eigenvalue weighted by Gasteiger charge is 2.11. The van der Waals surface area contributed by atoms with E-state index in [4.69, 9.17) is 9.47 Å². The average molecular weight is 249 g/mol. The zero-order chi connectivity index (χ0) is 12.4. The van der Waals surface area contributed by atoms with Crippen LogP contribution in [0.25, 0.3) is 0 Å². The number of carbonyl (C=O) groups excluding carboxylic acids is 1. The molecule has 0 aliphatic heterocycles. The lowest BCUT2D eigenvalue weighted by molar-refractivity contribution is -0.210. The lowest BCUT2D eigenvalue weighted by Crippen LogP contribution is -2.23. The minimum atomic E-state index is -0.761. The van der Waals surface area contributed by atoms with Gasteiger partial charge in [-0.25, -0.2) is 4.79 Å². The van der Waals surface area contributed by atoms with E-state index in [1.165, 1.54) is 19.3 Å². The van der Waals surface area contributed by atoms with Crippen LogP contribution in [0.2, 0.25) is 0 Å². The third-order valence-electron chi connectivity index (χ3n) is 2.00. The summed E-state index contributed by atoms with van der Waals surface area (Å²) in [6.45, 7) is 6.21. The van der Waals surface area contributed by atoms with Crippen molar-refractivity contribution in [2.75, 3.05) is 6.61 Å². The fraction of sp³-hybridized carbons (Fsp3) is 0.909. The standard InChI is InChI=1S/C11H21O4S/c1-4-5-6-7-8-13-9(2)14-10(3)15-11(12)16/h9-10H,4-8H2,1-3H3. The van der Waals surface area contributed by atoms with Crippen molar-refractivity contribution in [3.8, 4) is 0 Å². The first-order valence-electron chi connectivity index (χ1n) is 5.71. The number of carbonyl (C=O) groups is 1. The molecule has 0 bridgehead atoms. The first kappa shape index (κ1) is 15.6. The second-order valence-electron chi connectivity index (χ2n) is 3.57. The van der Waals surface area contributed by atoms with E-state index in [0.717, 1.165) is 6.42 Å². The van der Waals surface area contributed by atoms with Crippen molar-refractivity contribution in [1.82, 2.24) is 0 Å². The van der Waals surface area contributed by atoms with Gasteiger partial charge in [0.25, 0.3) is 0 Å². The first-order chi connectivity index (χ1) is 7.56. The minimum absolute atomic E-state index is 0.383. The third kappa shape index (κ3) is 10.1. The van der Waals surface area contributed by atoms with E-state index >= 15 is 0 Å². The Labute approximate surface area is 103 Å². The van der Waals surface area contributed by atoms with Crippen LogP contribution in [-0.2, 0) is 14.2 Å². The van der Waals surface area contributed by atoms with Crippen molar-refractivity contribution in [1.29, 1.82) is 0 Å². The van der Waals surface area contributed by atoms with Gasteiger partial charge in [0.2, 0.25) is 6.29 Å². The Kier molecular flexibility index (Phi) is 9.57. The largest absolute Gasteiger partial charge is 0.424 e. The van der Waals surface area contributed by atoms with Crippen molar-refractivity contribution >= 4 is 17.9 Å². The van der Waals surface area contributed by atoms with Gasteiger partial charge in [0.15, 0.2) is 6.29 Å². The van der Waals surface area contributed by atoms with Gasteiger partial charge in [-0.05, 0) is 20.3 Å². The zero-order valence-corrected chi connectivity index (χ0v) is 11.0. The summed E-state index contributed by atoms with van der Waals surface area (Å²) >= 11 is 4.26. The van der Waals surface area contributed by atoms with Gasteiger partial charge in [-0.2, -0.15) is 0 Å².